The van der Waals surface area contributed by atoms with Crippen molar-refractivity contribution in [2.75, 3.05) is 44.7 Å². The molecule has 1 aromatic carbocycles. The number of ether oxygens (including phenoxy) is 1. The summed E-state index contributed by atoms with van der Waals surface area (Å²) in [4.78, 5) is 16.8. The van der Waals surface area contributed by atoms with Crippen molar-refractivity contribution in [2.45, 2.75) is 30.2 Å². The zero-order chi connectivity index (χ0) is 21.4. The van der Waals surface area contributed by atoms with E-state index in [2.05, 4.69) is 21.7 Å². The Morgan fingerprint density at radius 2 is 1.84 bits per heavy atom. The van der Waals surface area contributed by atoms with Crippen LogP contribution in [0.4, 0.5) is 5.69 Å². The number of rotatable bonds is 6. The van der Waals surface area contributed by atoms with Crippen molar-refractivity contribution in [2.24, 2.45) is 5.92 Å². The van der Waals surface area contributed by atoms with Gasteiger partial charge in [-0.25, -0.2) is 8.42 Å². The van der Waals surface area contributed by atoms with Crippen LogP contribution >= 0.6 is 11.3 Å². The van der Waals surface area contributed by atoms with Gasteiger partial charge in [0.15, 0.2) is 0 Å². The summed E-state index contributed by atoms with van der Waals surface area (Å²) in [5.41, 5.74) is 2.02. The predicted octanol–water partition coefficient (Wildman–Crippen LogP) is 2.72. The lowest BCUT2D eigenvalue weighted by Crippen LogP contribution is -2.41. The van der Waals surface area contributed by atoms with E-state index >= 15 is 0 Å². The zero-order valence-electron chi connectivity index (χ0n) is 17.3. The molecule has 1 atom stereocenters. The quantitative estimate of drug-likeness (QED) is 0.716. The van der Waals surface area contributed by atoms with Crippen LogP contribution < -0.4 is 5.32 Å². The first-order chi connectivity index (χ1) is 15.0. The number of amides is 1. The molecule has 166 valence electrons. The second-order valence-corrected chi connectivity index (χ2v) is 11.3. The molecule has 2 aromatic rings. The van der Waals surface area contributed by atoms with Gasteiger partial charge in [0.1, 0.15) is 0 Å². The Labute approximate surface area is 187 Å². The maximum atomic E-state index is 12.8. The van der Waals surface area contributed by atoms with Crippen LogP contribution in [0.15, 0.2) is 40.6 Å². The number of anilines is 1. The lowest BCUT2D eigenvalue weighted by molar-refractivity contribution is -0.118. The molecule has 3 heterocycles. The average Bonchev–Trinajstić information content (AvgIpc) is 3.50. The first-order valence-corrected chi connectivity index (χ1v) is 13.1. The molecule has 0 spiro atoms. The predicted molar refractivity (Wildman–Crippen MR) is 120 cm³/mol. The standard InChI is InChI=1S/C22H27N3O4S2/c26-21(15-24-9-7-20-19(8-14-30-20)22(24)16-1-2-16)23-17-3-5-18(6-4-17)31(27,28)25-10-12-29-13-11-25/h3-6,8,14,16,22H,1-2,7,9-13,15H2,(H,23,26)/t22-/m1/s1. The van der Waals surface area contributed by atoms with Crippen LogP contribution in [0.3, 0.4) is 0 Å². The van der Waals surface area contributed by atoms with E-state index in [1.165, 1.54) is 27.6 Å². The molecule has 7 nitrogen and oxygen atoms in total. The third kappa shape index (κ3) is 4.42. The molecule has 0 unspecified atom stereocenters. The number of carbonyl (C=O) groups is 1. The third-order valence-corrected chi connectivity index (χ3v) is 9.19. The molecule has 1 saturated heterocycles. The van der Waals surface area contributed by atoms with Gasteiger partial charge in [-0.05, 0) is 66.5 Å². The minimum absolute atomic E-state index is 0.0619. The Hall–Kier alpha value is -1.78. The summed E-state index contributed by atoms with van der Waals surface area (Å²) in [5.74, 6) is 0.597. The second kappa shape index (κ2) is 8.63. The fourth-order valence-electron chi connectivity index (χ4n) is 4.57. The fraction of sp³-hybridized carbons (Fsp3) is 0.500. The number of hydrogen-bond donors (Lipinski definition) is 1. The first kappa shape index (κ1) is 21.1. The molecule has 5 rings (SSSR count). The Kier molecular flexibility index (Phi) is 5.87. The summed E-state index contributed by atoms with van der Waals surface area (Å²) >= 11 is 1.82. The van der Waals surface area contributed by atoms with Gasteiger partial charge in [0.05, 0.1) is 24.7 Å². The summed E-state index contributed by atoms with van der Waals surface area (Å²) < 4.78 is 32.2. The van der Waals surface area contributed by atoms with Gasteiger partial charge in [0.25, 0.3) is 0 Å². The smallest absolute Gasteiger partial charge is 0.243 e. The number of hydrogen-bond acceptors (Lipinski definition) is 6. The molecule has 1 aromatic heterocycles. The molecule has 0 radical (unpaired) electrons. The van der Waals surface area contributed by atoms with Gasteiger partial charge in [-0.15, -0.1) is 11.3 Å². The minimum atomic E-state index is -3.53. The highest BCUT2D eigenvalue weighted by Gasteiger charge is 2.40. The SMILES string of the molecule is O=C(CN1CCc2sccc2[C@H]1C1CC1)Nc1ccc(S(=O)(=O)N2CCOCC2)cc1. The topological polar surface area (TPSA) is 79.0 Å². The van der Waals surface area contributed by atoms with E-state index in [9.17, 15) is 13.2 Å². The van der Waals surface area contributed by atoms with Gasteiger partial charge < -0.3 is 10.1 Å². The molecule has 1 aliphatic carbocycles. The first-order valence-electron chi connectivity index (χ1n) is 10.8. The van der Waals surface area contributed by atoms with Crippen molar-refractivity contribution in [1.29, 1.82) is 0 Å². The molecule has 2 fully saturated rings. The Bertz CT molecular complexity index is 1040. The summed E-state index contributed by atoms with van der Waals surface area (Å²) in [6, 6.07) is 9.02. The van der Waals surface area contributed by atoms with Crippen molar-refractivity contribution in [3.63, 3.8) is 0 Å². The highest BCUT2D eigenvalue weighted by molar-refractivity contribution is 7.89. The zero-order valence-corrected chi connectivity index (χ0v) is 19.0. The number of fused-ring (bicyclic) bond motifs is 1. The maximum Gasteiger partial charge on any atom is 0.243 e. The van der Waals surface area contributed by atoms with Crippen LogP contribution in [0.25, 0.3) is 0 Å². The minimum Gasteiger partial charge on any atom is -0.379 e. The van der Waals surface area contributed by atoms with E-state index in [-0.39, 0.29) is 10.8 Å². The van der Waals surface area contributed by atoms with E-state index in [1.54, 1.807) is 24.3 Å². The summed E-state index contributed by atoms with van der Waals surface area (Å²) in [5, 5.41) is 5.10. The van der Waals surface area contributed by atoms with Crippen LogP contribution in [0.1, 0.15) is 29.3 Å². The van der Waals surface area contributed by atoms with E-state index in [4.69, 9.17) is 4.74 Å². The lowest BCUT2D eigenvalue weighted by atomic mass is 9.96. The van der Waals surface area contributed by atoms with Crippen LogP contribution in [0.2, 0.25) is 0 Å². The molecule has 31 heavy (non-hydrogen) atoms. The van der Waals surface area contributed by atoms with Gasteiger partial charge in [-0.3, -0.25) is 9.69 Å². The van der Waals surface area contributed by atoms with Crippen molar-refractivity contribution >= 4 is 33.0 Å². The Morgan fingerprint density at radius 3 is 2.55 bits per heavy atom. The number of morpholine rings is 1. The normalized spacial score (nSPS) is 22.8. The second-order valence-electron chi connectivity index (χ2n) is 8.39. The number of carbonyl (C=O) groups excluding carboxylic acids is 1. The van der Waals surface area contributed by atoms with Crippen molar-refractivity contribution in [3.05, 3.63) is 46.2 Å². The van der Waals surface area contributed by atoms with E-state index in [0.29, 0.717) is 50.5 Å². The maximum absolute atomic E-state index is 12.8. The number of benzene rings is 1. The number of nitrogens with zero attached hydrogens (tertiary/aromatic N) is 2. The summed E-state index contributed by atoms with van der Waals surface area (Å²) in [6.45, 7) is 2.82. The van der Waals surface area contributed by atoms with Crippen molar-refractivity contribution < 1.29 is 17.9 Å². The van der Waals surface area contributed by atoms with E-state index in [1.807, 2.05) is 11.3 Å². The highest BCUT2D eigenvalue weighted by Crippen LogP contribution is 2.48. The van der Waals surface area contributed by atoms with Gasteiger partial charge in [-0.1, -0.05) is 0 Å². The molecular weight excluding hydrogens is 434 g/mol. The molecule has 0 bridgehead atoms. The van der Waals surface area contributed by atoms with Crippen LogP contribution in [0, 0.1) is 5.92 Å². The fourth-order valence-corrected chi connectivity index (χ4v) is 6.89. The largest absolute Gasteiger partial charge is 0.379 e. The molecule has 2 aliphatic heterocycles. The van der Waals surface area contributed by atoms with E-state index < -0.39 is 10.0 Å². The van der Waals surface area contributed by atoms with Gasteiger partial charge in [-0.2, -0.15) is 4.31 Å². The molecule has 1 saturated carbocycles. The van der Waals surface area contributed by atoms with Crippen molar-refractivity contribution in [1.82, 2.24) is 9.21 Å². The van der Waals surface area contributed by atoms with Crippen LogP contribution in [0.5, 0.6) is 0 Å². The number of nitrogens with one attached hydrogen (secondary N) is 1. The number of sulfonamides is 1. The summed E-state index contributed by atoms with van der Waals surface area (Å²) in [6.07, 6.45) is 3.46. The molecular formula is C22H27N3O4S2. The van der Waals surface area contributed by atoms with Crippen LogP contribution in [-0.2, 0) is 26.0 Å². The Morgan fingerprint density at radius 1 is 1.10 bits per heavy atom. The average molecular weight is 462 g/mol. The molecule has 1 amide bonds. The monoisotopic (exact) mass is 461 g/mol. The summed E-state index contributed by atoms with van der Waals surface area (Å²) in [7, 11) is -3.53. The van der Waals surface area contributed by atoms with Crippen molar-refractivity contribution in [3.8, 4) is 0 Å². The van der Waals surface area contributed by atoms with Gasteiger partial charge >= 0.3 is 0 Å². The molecule has 1 N–H and O–H groups in total. The lowest BCUT2D eigenvalue weighted by Gasteiger charge is -2.35. The van der Waals surface area contributed by atoms with Gasteiger partial charge in [0, 0.05) is 36.2 Å². The molecule has 3 aliphatic rings. The van der Waals surface area contributed by atoms with Crippen LogP contribution in [-0.4, -0.2) is 62.9 Å². The number of thiophene rings is 1. The van der Waals surface area contributed by atoms with Gasteiger partial charge in [0.2, 0.25) is 15.9 Å². The molecule has 9 heteroatoms. The third-order valence-electron chi connectivity index (χ3n) is 6.28. The van der Waals surface area contributed by atoms with E-state index in [0.717, 1.165) is 13.0 Å². The Balaban J connectivity index is 1.23. The highest BCUT2D eigenvalue weighted by atomic mass is 32.2.